The topological polar surface area (TPSA) is 69.7 Å². The summed E-state index contributed by atoms with van der Waals surface area (Å²) < 4.78 is 53.4. The Morgan fingerprint density at radius 3 is 2.20 bits per heavy atom. The van der Waals surface area contributed by atoms with Crippen LogP contribution < -0.4 is 9.62 Å². The Labute approximate surface area is 144 Å². The van der Waals surface area contributed by atoms with E-state index in [4.69, 9.17) is 0 Å². The van der Waals surface area contributed by atoms with Crippen LogP contribution in [0, 0.1) is 11.6 Å². The fraction of sp³-hybridized carbons (Fsp3) is 0.188. The lowest BCUT2D eigenvalue weighted by Gasteiger charge is -2.27. The summed E-state index contributed by atoms with van der Waals surface area (Å²) >= 11 is 0. The molecule has 0 radical (unpaired) electrons. The highest BCUT2D eigenvalue weighted by Crippen LogP contribution is 2.23. The first-order valence-electron chi connectivity index (χ1n) is 7.22. The molecule has 0 bridgehead atoms. The molecule has 2 rings (SSSR count). The highest BCUT2D eigenvalue weighted by molar-refractivity contribution is 7.90. The van der Waals surface area contributed by atoms with Crippen molar-refractivity contribution in [2.24, 2.45) is 0 Å². The molecule has 25 heavy (non-hydrogen) atoms. The first-order chi connectivity index (χ1) is 11.7. The van der Waals surface area contributed by atoms with Gasteiger partial charge in [0.1, 0.15) is 18.2 Å². The van der Waals surface area contributed by atoms with E-state index in [1.807, 2.05) is 0 Å². The van der Waals surface area contributed by atoms with E-state index >= 15 is 0 Å². The van der Waals surface area contributed by atoms with Crippen LogP contribution in [0.25, 0.3) is 0 Å². The van der Waals surface area contributed by atoms with Crippen LogP contribution in [0.15, 0.2) is 48.5 Å². The summed E-state index contributed by atoms with van der Waals surface area (Å²) in [5.41, 5.74) is 0.0487. The highest BCUT2D eigenvalue weighted by atomic mass is 32.2. The number of nitrogens with one attached hydrogen (secondary N) is 1. The number of carbonyl (C=O) groups is 1. The van der Waals surface area contributed by atoms with Gasteiger partial charge in [-0.25, -0.2) is 13.1 Å². The van der Waals surface area contributed by atoms with Gasteiger partial charge in [0, 0.05) is 19.8 Å². The Kier molecular flexibility index (Phi) is 5.70. The number of anilines is 2. The van der Waals surface area contributed by atoms with Crippen LogP contribution in [-0.4, -0.2) is 39.3 Å². The van der Waals surface area contributed by atoms with Gasteiger partial charge < -0.3 is 5.32 Å². The van der Waals surface area contributed by atoms with Crippen molar-refractivity contribution >= 4 is 27.5 Å². The van der Waals surface area contributed by atoms with Crippen LogP contribution in [0.5, 0.6) is 0 Å². The van der Waals surface area contributed by atoms with E-state index in [0.717, 1.165) is 22.5 Å². The molecule has 1 amide bonds. The maximum atomic E-state index is 14.1. The van der Waals surface area contributed by atoms with Gasteiger partial charge in [-0.05, 0) is 36.4 Å². The lowest BCUT2D eigenvalue weighted by Crippen LogP contribution is -2.44. The second kappa shape index (κ2) is 7.58. The molecule has 0 aliphatic rings. The molecule has 0 spiro atoms. The predicted molar refractivity (Wildman–Crippen MR) is 91.4 cm³/mol. The number of rotatable bonds is 6. The molecular formula is C16H17F2N3O3S. The molecule has 0 aliphatic carbocycles. The molecule has 0 atom stereocenters. The lowest BCUT2D eigenvalue weighted by molar-refractivity contribution is -0.114. The van der Waals surface area contributed by atoms with Gasteiger partial charge in [-0.1, -0.05) is 12.1 Å². The van der Waals surface area contributed by atoms with E-state index in [9.17, 15) is 22.0 Å². The maximum Gasteiger partial charge on any atom is 0.304 e. The van der Waals surface area contributed by atoms with E-state index in [-0.39, 0.29) is 5.69 Å². The summed E-state index contributed by atoms with van der Waals surface area (Å²) in [7, 11) is -1.55. The van der Waals surface area contributed by atoms with Crippen molar-refractivity contribution in [3.05, 3.63) is 60.2 Å². The Balaban J connectivity index is 2.29. The van der Waals surface area contributed by atoms with Crippen molar-refractivity contribution in [2.75, 3.05) is 30.3 Å². The number of carbonyl (C=O) groups excluding carboxylic acids is 1. The molecule has 2 aromatic carbocycles. The van der Waals surface area contributed by atoms with E-state index in [2.05, 4.69) is 5.32 Å². The minimum Gasteiger partial charge on any atom is -0.325 e. The zero-order valence-corrected chi connectivity index (χ0v) is 14.4. The van der Waals surface area contributed by atoms with Crippen LogP contribution in [-0.2, 0) is 15.0 Å². The Bertz CT molecular complexity index is 855. The molecule has 0 aromatic heterocycles. The van der Waals surface area contributed by atoms with E-state index in [1.165, 1.54) is 44.4 Å². The second-order valence-corrected chi connectivity index (χ2v) is 7.37. The SMILES string of the molecule is CN(C)S(=O)(=O)N(CC(=O)Nc1ccc(F)cc1)c1ccccc1F. The molecule has 0 saturated heterocycles. The molecule has 9 heteroatoms. The van der Waals surface area contributed by atoms with Crippen molar-refractivity contribution in [1.29, 1.82) is 0 Å². The smallest absolute Gasteiger partial charge is 0.304 e. The summed E-state index contributed by atoms with van der Waals surface area (Å²) in [4.78, 5) is 12.2. The summed E-state index contributed by atoms with van der Waals surface area (Å²) in [5, 5.41) is 2.45. The summed E-state index contributed by atoms with van der Waals surface area (Å²) in [6, 6.07) is 10.2. The van der Waals surface area contributed by atoms with Gasteiger partial charge in [0.05, 0.1) is 5.69 Å². The molecule has 1 N–H and O–H groups in total. The first-order valence-corrected chi connectivity index (χ1v) is 8.61. The van der Waals surface area contributed by atoms with Gasteiger partial charge >= 0.3 is 10.2 Å². The Hall–Kier alpha value is -2.52. The number of para-hydroxylation sites is 1. The molecule has 0 saturated carbocycles. The number of amides is 1. The molecule has 0 heterocycles. The van der Waals surface area contributed by atoms with E-state index < -0.39 is 34.3 Å². The van der Waals surface area contributed by atoms with Crippen LogP contribution >= 0.6 is 0 Å². The maximum absolute atomic E-state index is 14.1. The van der Waals surface area contributed by atoms with Crippen molar-refractivity contribution in [3.63, 3.8) is 0 Å². The summed E-state index contributed by atoms with van der Waals surface area (Å²) in [6.07, 6.45) is 0. The van der Waals surface area contributed by atoms with Gasteiger partial charge in [0.15, 0.2) is 0 Å². The molecule has 6 nitrogen and oxygen atoms in total. The third-order valence-corrected chi connectivity index (χ3v) is 5.08. The average Bonchev–Trinajstić information content (AvgIpc) is 2.55. The van der Waals surface area contributed by atoms with E-state index in [1.54, 1.807) is 0 Å². The van der Waals surface area contributed by atoms with E-state index in [0.29, 0.717) is 9.99 Å². The molecule has 0 aliphatic heterocycles. The fourth-order valence-electron chi connectivity index (χ4n) is 2.01. The van der Waals surface area contributed by atoms with Crippen LogP contribution in [0.4, 0.5) is 20.2 Å². The quantitative estimate of drug-likeness (QED) is 0.849. The predicted octanol–water partition coefficient (Wildman–Crippen LogP) is 2.22. The number of hydrogen-bond donors (Lipinski definition) is 1. The van der Waals surface area contributed by atoms with Crippen molar-refractivity contribution in [1.82, 2.24) is 4.31 Å². The molecule has 0 fully saturated rings. The Morgan fingerprint density at radius 2 is 1.64 bits per heavy atom. The van der Waals surface area contributed by atoms with Crippen molar-refractivity contribution in [3.8, 4) is 0 Å². The highest BCUT2D eigenvalue weighted by Gasteiger charge is 2.29. The number of halogens is 2. The molecule has 0 unspecified atom stereocenters. The van der Waals surface area contributed by atoms with Gasteiger partial charge in [0.2, 0.25) is 5.91 Å². The average molecular weight is 369 g/mol. The van der Waals surface area contributed by atoms with Crippen LogP contribution in [0.3, 0.4) is 0 Å². The number of benzene rings is 2. The second-order valence-electron chi connectivity index (χ2n) is 5.30. The van der Waals surface area contributed by atoms with Crippen molar-refractivity contribution < 1.29 is 22.0 Å². The van der Waals surface area contributed by atoms with Crippen LogP contribution in [0.2, 0.25) is 0 Å². The van der Waals surface area contributed by atoms with Crippen molar-refractivity contribution in [2.45, 2.75) is 0 Å². The zero-order valence-electron chi connectivity index (χ0n) is 13.6. The fourth-order valence-corrected chi connectivity index (χ4v) is 3.08. The molecule has 2 aromatic rings. The minimum absolute atomic E-state index is 0.245. The van der Waals surface area contributed by atoms with Gasteiger partial charge in [-0.2, -0.15) is 12.7 Å². The Morgan fingerprint density at radius 1 is 1.04 bits per heavy atom. The lowest BCUT2D eigenvalue weighted by atomic mass is 10.3. The third-order valence-electron chi connectivity index (χ3n) is 3.28. The number of hydrogen-bond acceptors (Lipinski definition) is 3. The van der Waals surface area contributed by atoms with Gasteiger partial charge in [-0.15, -0.1) is 0 Å². The summed E-state index contributed by atoms with van der Waals surface area (Å²) in [5.74, 6) is -1.94. The normalized spacial score (nSPS) is 11.4. The zero-order chi connectivity index (χ0) is 18.6. The standard InChI is InChI=1S/C16H17F2N3O3S/c1-20(2)25(23,24)21(15-6-4-3-5-14(15)18)11-16(22)19-13-9-7-12(17)8-10-13/h3-10H,11H2,1-2H3,(H,19,22). The third kappa shape index (κ3) is 4.52. The molecule has 134 valence electrons. The summed E-state index contributed by atoms with van der Waals surface area (Å²) in [6.45, 7) is -0.640. The minimum atomic E-state index is -4.10. The largest absolute Gasteiger partial charge is 0.325 e. The van der Waals surface area contributed by atoms with Gasteiger partial charge in [0.25, 0.3) is 0 Å². The van der Waals surface area contributed by atoms with Crippen LogP contribution in [0.1, 0.15) is 0 Å². The number of nitrogens with zero attached hydrogens (tertiary/aromatic N) is 2. The van der Waals surface area contributed by atoms with Gasteiger partial charge in [-0.3, -0.25) is 4.79 Å². The monoisotopic (exact) mass is 369 g/mol. The molecular weight excluding hydrogens is 352 g/mol. The first kappa shape index (κ1) is 18.8.